The molecule has 0 aromatic carbocycles. The van der Waals surface area contributed by atoms with Crippen molar-refractivity contribution in [1.29, 1.82) is 0 Å². The summed E-state index contributed by atoms with van der Waals surface area (Å²) in [7, 11) is 1.94. The van der Waals surface area contributed by atoms with E-state index < -0.39 is 0 Å². The zero-order chi connectivity index (χ0) is 14.8. The Morgan fingerprint density at radius 3 is 2.76 bits per heavy atom. The van der Waals surface area contributed by atoms with Crippen molar-refractivity contribution in [3.8, 4) is 0 Å². The predicted molar refractivity (Wildman–Crippen MR) is 81.4 cm³/mol. The first-order chi connectivity index (χ1) is 10.2. The molecular formula is C15H15ClN4O. The number of nitrogens with one attached hydrogen (secondary N) is 1. The monoisotopic (exact) mass is 302 g/mol. The Balaban J connectivity index is 2.03. The van der Waals surface area contributed by atoms with Crippen LogP contribution < -0.4 is 5.32 Å². The smallest absolute Gasteiger partial charge is 0.152 e. The molecular weight excluding hydrogens is 288 g/mol. The van der Waals surface area contributed by atoms with Gasteiger partial charge in [-0.05, 0) is 30.7 Å². The number of hydrogen-bond donors (Lipinski definition) is 1. The van der Waals surface area contributed by atoms with Gasteiger partial charge in [0.05, 0.1) is 12.0 Å². The van der Waals surface area contributed by atoms with Crippen LogP contribution in [0.2, 0.25) is 5.15 Å². The fraction of sp³-hybridized carbons (Fsp3) is 0.200. The lowest BCUT2D eigenvalue weighted by Crippen LogP contribution is -2.17. The molecule has 0 aliphatic rings. The molecule has 0 bridgehead atoms. The van der Waals surface area contributed by atoms with Gasteiger partial charge in [-0.3, -0.25) is 0 Å². The highest BCUT2D eigenvalue weighted by Gasteiger charge is 2.22. The van der Waals surface area contributed by atoms with Crippen molar-refractivity contribution < 1.29 is 4.42 Å². The van der Waals surface area contributed by atoms with Gasteiger partial charge in [-0.2, -0.15) is 0 Å². The number of aromatic nitrogens is 3. The Hall–Kier alpha value is -2.27. The average molecular weight is 303 g/mol. The third-order valence-electron chi connectivity index (χ3n) is 3.35. The predicted octanol–water partition coefficient (Wildman–Crippen LogP) is 3.57. The molecule has 0 radical (unpaired) electrons. The van der Waals surface area contributed by atoms with E-state index in [2.05, 4.69) is 15.3 Å². The minimum absolute atomic E-state index is 0.236. The summed E-state index contributed by atoms with van der Waals surface area (Å²) in [5.41, 5.74) is 1.80. The molecule has 0 amide bonds. The molecule has 6 heteroatoms. The number of halogens is 1. The van der Waals surface area contributed by atoms with Crippen LogP contribution in [0.15, 0.2) is 47.5 Å². The molecule has 0 aliphatic carbocycles. The third kappa shape index (κ3) is 2.64. The maximum atomic E-state index is 6.20. The van der Waals surface area contributed by atoms with E-state index in [-0.39, 0.29) is 6.04 Å². The Morgan fingerprint density at radius 2 is 2.14 bits per heavy atom. The van der Waals surface area contributed by atoms with Crippen molar-refractivity contribution in [2.45, 2.75) is 13.0 Å². The summed E-state index contributed by atoms with van der Waals surface area (Å²) in [4.78, 5) is 8.53. The molecule has 3 aromatic rings. The van der Waals surface area contributed by atoms with Crippen molar-refractivity contribution in [3.63, 3.8) is 0 Å². The maximum absolute atomic E-state index is 6.20. The topological polar surface area (TPSA) is 55.9 Å². The lowest BCUT2D eigenvalue weighted by atomic mass is 10.1. The van der Waals surface area contributed by atoms with E-state index in [0.717, 1.165) is 22.8 Å². The number of hydrogen-bond acceptors (Lipinski definition) is 4. The highest BCUT2D eigenvalue weighted by Crippen LogP contribution is 2.30. The van der Waals surface area contributed by atoms with Gasteiger partial charge in [0.25, 0.3) is 0 Å². The van der Waals surface area contributed by atoms with E-state index in [1.54, 1.807) is 18.7 Å². The van der Waals surface area contributed by atoms with Crippen LogP contribution in [-0.2, 0) is 7.05 Å². The molecule has 3 aromatic heterocycles. The van der Waals surface area contributed by atoms with Crippen LogP contribution in [-0.4, -0.2) is 14.5 Å². The molecule has 5 nitrogen and oxygen atoms in total. The lowest BCUT2D eigenvalue weighted by molar-refractivity contribution is 0.488. The molecule has 0 saturated heterocycles. The van der Waals surface area contributed by atoms with Crippen molar-refractivity contribution >= 4 is 17.3 Å². The van der Waals surface area contributed by atoms with Gasteiger partial charge in [-0.1, -0.05) is 11.6 Å². The molecule has 108 valence electrons. The number of pyridine rings is 1. The number of imidazole rings is 1. The molecule has 3 rings (SSSR count). The zero-order valence-corrected chi connectivity index (χ0v) is 12.5. The molecule has 1 N–H and O–H groups in total. The van der Waals surface area contributed by atoms with Crippen molar-refractivity contribution in [3.05, 3.63) is 65.4 Å². The summed E-state index contributed by atoms with van der Waals surface area (Å²) >= 11 is 6.20. The Bertz CT molecular complexity index is 716. The number of rotatable bonds is 4. The molecule has 21 heavy (non-hydrogen) atoms. The number of anilines is 1. The van der Waals surface area contributed by atoms with E-state index in [1.165, 1.54) is 0 Å². The first kappa shape index (κ1) is 13.7. The summed E-state index contributed by atoms with van der Waals surface area (Å²) in [5, 5.41) is 3.82. The van der Waals surface area contributed by atoms with Gasteiger partial charge in [-0.15, -0.1) is 0 Å². The Kier molecular flexibility index (Phi) is 3.66. The van der Waals surface area contributed by atoms with Crippen LogP contribution in [0.1, 0.15) is 23.2 Å². The highest BCUT2D eigenvalue weighted by molar-refractivity contribution is 6.32. The average Bonchev–Trinajstić information content (AvgIpc) is 3.11. The second-order valence-electron chi connectivity index (χ2n) is 4.78. The fourth-order valence-electron chi connectivity index (χ4n) is 2.22. The number of furan rings is 1. The second kappa shape index (κ2) is 5.61. The first-order valence-electron chi connectivity index (χ1n) is 6.55. The lowest BCUT2D eigenvalue weighted by Gasteiger charge is -2.19. The Morgan fingerprint density at radius 1 is 1.29 bits per heavy atom. The van der Waals surface area contributed by atoms with Crippen LogP contribution in [0, 0.1) is 6.92 Å². The summed E-state index contributed by atoms with van der Waals surface area (Å²) < 4.78 is 7.49. The first-order valence-corrected chi connectivity index (χ1v) is 6.93. The van der Waals surface area contributed by atoms with Crippen molar-refractivity contribution in [1.82, 2.24) is 14.5 Å². The van der Waals surface area contributed by atoms with Gasteiger partial charge < -0.3 is 14.3 Å². The normalized spacial score (nSPS) is 12.3. The fourth-order valence-corrected chi connectivity index (χ4v) is 2.48. The zero-order valence-electron chi connectivity index (χ0n) is 11.7. The largest absolute Gasteiger partial charge is 0.467 e. The SMILES string of the molecule is Cc1ccnc(Cl)c1NC(c1ccco1)c1nccn1C. The van der Waals surface area contributed by atoms with Gasteiger partial charge >= 0.3 is 0 Å². The molecule has 1 atom stereocenters. The summed E-state index contributed by atoms with van der Waals surface area (Å²) in [6, 6.07) is 5.43. The Labute approximate surface area is 127 Å². The van der Waals surface area contributed by atoms with Crippen molar-refractivity contribution in [2.24, 2.45) is 7.05 Å². The van der Waals surface area contributed by atoms with Crippen LogP contribution in [0.25, 0.3) is 0 Å². The molecule has 0 aliphatic heterocycles. The molecule has 3 heterocycles. The highest BCUT2D eigenvalue weighted by atomic mass is 35.5. The third-order valence-corrected chi connectivity index (χ3v) is 3.63. The molecule has 1 unspecified atom stereocenters. The number of nitrogens with zero attached hydrogens (tertiary/aromatic N) is 3. The quantitative estimate of drug-likeness (QED) is 0.749. The van der Waals surface area contributed by atoms with Crippen molar-refractivity contribution in [2.75, 3.05) is 5.32 Å². The van der Waals surface area contributed by atoms with Gasteiger partial charge in [-0.25, -0.2) is 9.97 Å². The van der Waals surface area contributed by atoms with E-state index in [9.17, 15) is 0 Å². The van der Waals surface area contributed by atoms with Crippen LogP contribution in [0.3, 0.4) is 0 Å². The van der Waals surface area contributed by atoms with E-state index in [0.29, 0.717) is 5.15 Å². The van der Waals surface area contributed by atoms with Gasteiger partial charge in [0, 0.05) is 25.6 Å². The molecule has 0 spiro atoms. The van der Waals surface area contributed by atoms with E-state index in [4.69, 9.17) is 16.0 Å². The van der Waals surface area contributed by atoms with Gasteiger partial charge in [0.2, 0.25) is 0 Å². The standard InChI is InChI=1S/C15H15ClN4O/c1-10-5-6-17-14(16)12(10)19-13(11-4-3-9-21-11)15-18-7-8-20(15)2/h3-9,13,19H,1-2H3. The van der Waals surface area contributed by atoms with E-state index >= 15 is 0 Å². The van der Waals surface area contributed by atoms with Gasteiger partial charge in [0.15, 0.2) is 5.15 Å². The summed E-state index contributed by atoms with van der Waals surface area (Å²) in [5.74, 6) is 1.60. The number of aryl methyl sites for hydroxylation is 2. The summed E-state index contributed by atoms with van der Waals surface area (Å²) in [6.45, 7) is 1.98. The van der Waals surface area contributed by atoms with Crippen LogP contribution >= 0.6 is 11.6 Å². The summed E-state index contributed by atoms with van der Waals surface area (Å²) in [6.07, 6.45) is 6.98. The van der Waals surface area contributed by atoms with E-state index in [1.807, 2.05) is 42.9 Å². The second-order valence-corrected chi connectivity index (χ2v) is 5.14. The minimum atomic E-state index is -0.236. The minimum Gasteiger partial charge on any atom is -0.467 e. The van der Waals surface area contributed by atoms with Crippen LogP contribution in [0.5, 0.6) is 0 Å². The molecule has 0 fully saturated rings. The van der Waals surface area contributed by atoms with Gasteiger partial charge in [0.1, 0.15) is 17.6 Å². The molecule has 0 saturated carbocycles. The van der Waals surface area contributed by atoms with Crippen LogP contribution in [0.4, 0.5) is 5.69 Å². The maximum Gasteiger partial charge on any atom is 0.152 e.